The number of rotatable bonds is 4. The van der Waals surface area contributed by atoms with Gasteiger partial charge in [0.2, 0.25) is 0 Å². The maximum atomic E-state index is 12.4. The molecule has 0 spiro atoms. The number of nitrogens with zero attached hydrogens (tertiary/aromatic N) is 1. The van der Waals surface area contributed by atoms with E-state index in [0.717, 1.165) is 45.7 Å². The maximum Gasteiger partial charge on any atom is 0.257 e. The highest BCUT2D eigenvalue weighted by Crippen LogP contribution is 2.30. The van der Waals surface area contributed by atoms with Crippen LogP contribution in [0.4, 0.5) is 0 Å². The van der Waals surface area contributed by atoms with Crippen molar-refractivity contribution < 1.29 is 13.9 Å². The Morgan fingerprint density at radius 3 is 2.77 bits per heavy atom. The van der Waals surface area contributed by atoms with Gasteiger partial charge in [0.25, 0.3) is 5.91 Å². The highest BCUT2D eigenvalue weighted by molar-refractivity contribution is 5.93. The highest BCUT2D eigenvalue weighted by atomic mass is 35.5. The summed E-state index contributed by atoms with van der Waals surface area (Å²) in [5, 5.41) is 7.55. The van der Waals surface area contributed by atoms with Crippen molar-refractivity contribution in [3.8, 4) is 0 Å². The Labute approximate surface area is 161 Å². The number of ether oxygens (including phenoxy) is 1. The number of hydrogen-bond donors (Lipinski definition) is 2. The lowest BCUT2D eigenvalue weighted by Gasteiger charge is -2.37. The number of nitrogens with one attached hydrogen (secondary N) is 2. The summed E-state index contributed by atoms with van der Waals surface area (Å²) in [5.74, 6) is 0.764. The first-order chi connectivity index (χ1) is 12.3. The van der Waals surface area contributed by atoms with Crippen LogP contribution in [0.5, 0.6) is 0 Å². The minimum Gasteiger partial charge on any atom is -0.472 e. The first-order valence-electron chi connectivity index (χ1n) is 9.70. The molecule has 1 aromatic heterocycles. The molecule has 1 aromatic rings. The van der Waals surface area contributed by atoms with Crippen molar-refractivity contribution in [3.63, 3.8) is 0 Å². The smallest absolute Gasteiger partial charge is 0.257 e. The molecule has 0 radical (unpaired) electrons. The van der Waals surface area contributed by atoms with Crippen molar-refractivity contribution in [3.05, 3.63) is 24.2 Å². The van der Waals surface area contributed by atoms with Gasteiger partial charge in [0, 0.05) is 37.8 Å². The van der Waals surface area contributed by atoms with E-state index < -0.39 is 0 Å². The normalized spacial score (nSPS) is 30.2. The van der Waals surface area contributed by atoms with Crippen LogP contribution in [0.25, 0.3) is 0 Å². The lowest BCUT2D eigenvalue weighted by molar-refractivity contribution is 0.0500. The molecule has 2 aliphatic heterocycles. The monoisotopic (exact) mass is 383 g/mol. The number of morpholine rings is 1. The van der Waals surface area contributed by atoms with Crippen LogP contribution >= 0.6 is 12.4 Å². The fourth-order valence-electron chi connectivity index (χ4n) is 4.66. The van der Waals surface area contributed by atoms with Gasteiger partial charge in [0.15, 0.2) is 0 Å². The summed E-state index contributed by atoms with van der Waals surface area (Å²) in [4.78, 5) is 14.3. The molecule has 6 nitrogen and oxygen atoms in total. The average molecular weight is 384 g/mol. The Hall–Kier alpha value is -1.08. The Kier molecular flexibility index (Phi) is 6.98. The van der Waals surface area contributed by atoms with E-state index in [4.69, 9.17) is 9.15 Å². The van der Waals surface area contributed by atoms with Gasteiger partial charge in [-0.15, -0.1) is 12.4 Å². The molecule has 3 aliphatic rings. The van der Waals surface area contributed by atoms with Crippen molar-refractivity contribution in [1.29, 1.82) is 0 Å². The van der Waals surface area contributed by atoms with Crippen LogP contribution in [0.1, 0.15) is 42.5 Å². The summed E-state index contributed by atoms with van der Waals surface area (Å²) in [6.45, 7) is 4.31. The number of halogens is 1. The quantitative estimate of drug-likeness (QED) is 0.833. The average Bonchev–Trinajstić information content (AvgIpc) is 3.35. The molecule has 7 heteroatoms. The Morgan fingerprint density at radius 1 is 1.23 bits per heavy atom. The lowest BCUT2D eigenvalue weighted by atomic mass is 9.92. The van der Waals surface area contributed by atoms with Crippen LogP contribution in [0.15, 0.2) is 23.0 Å². The summed E-state index contributed by atoms with van der Waals surface area (Å²) in [6.07, 6.45) is 9.01. The second kappa shape index (κ2) is 9.22. The number of piperidine rings is 1. The highest BCUT2D eigenvalue weighted by Gasteiger charge is 2.36. The molecule has 3 unspecified atom stereocenters. The molecular formula is C19H30ClN3O3. The fourth-order valence-corrected chi connectivity index (χ4v) is 4.66. The molecule has 26 heavy (non-hydrogen) atoms. The van der Waals surface area contributed by atoms with E-state index in [2.05, 4.69) is 10.6 Å². The molecular weight excluding hydrogens is 354 g/mol. The van der Waals surface area contributed by atoms with Gasteiger partial charge in [0.05, 0.1) is 25.0 Å². The third kappa shape index (κ3) is 4.42. The van der Waals surface area contributed by atoms with Crippen LogP contribution in [-0.4, -0.2) is 61.8 Å². The Balaban J connectivity index is 0.00000196. The second-order valence-corrected chi connectivity index (χ2v) is 7.58. The molecule has 0 aromatic carbocycles. The first-order valence-corrected chi connectivity index (χ1v) is 9.70. The fraction of sp³-hybridized carbons (Fsp3) is 0.737. The lowest BCUT2D eigenvalue weighted by Crippen LogP contribution is -2.54. The van der Waals surface area contributed by atoms with E-state index >= 15 is 0 Å². The molecule has 3 heterocycles. The molecule has 0 bridgehead atoms. The molecule has 3 atom stereocenters. The summed E-state index contributed by atoms with van der Waals surface area (Å²) in [5.41, 5.74) is 0.658. The maximum absolute atomic E-state index is 12.4. The van der Waals surface area contributed by atoms with Crippen LogP contribution in [-0.2, 0) is 4.74 Å². The largest absolute Gasteiger partial charge is 0.472 e. The number of carbonyl (C=O) groups excluding carboxylic acids is 1. The number of likely N-dealkylation sites (tertiary alicyclic amines) is 1. The number of amides is 1. The molecule has 146 valence electrons. The van der Waals surface area contributed by atoms with E-state index in [0.29, 0.717) is 29.6 Å². The number of carbonyl (C=O) groups is 1. The first kappa shape index (κ1) is 19.7. The third-order valence-corrected chi connectivity index (χ3v) is 6.04. The van der Waals surface area contributed by atoms with Gasteiger partial charge in [0.1, 0.15) is 6.26 Å². The number of furan rings is 1. The van der Waals surface area contributed by atoms with E-state index in [1.165, 1.54) is 25.5 Å². The molecule has 2 saturated heterocycles. The molecule has 1 amide bonds. The van der Waals surface area contributed by atoms with Gasteiger partial charge in [-0.2, -0.15) is 0 Å². The predicted octanol–water partition coefficient (Wildman–Crippen LogP) is 2.05. The number of hydrogen-bond acceptors (Lipinski definition) is 5. The zero-order chi connectivity index (χ0) is 17.1. The second-order valence-electron chi connectivity index (χ2n) is 7.58. The minimum absolute atomic E-state index is 0. The van der Waals surface area contributed by atoms with Gasteiger partial charge in [-0.1, -0.05) is 6.42 Å². The van der Waals surface area contributed by atoms with Gasteiger partial charge in [-0.05, 0) is 37.7 Å². The van der Waals surface area contributed by atoms with E-state index in [-0.39, 0.29) is 18.3 Å². The molecule has 1 saturated carbocycles. The molecule has 1 aliphatic carbocycles. The van der Waals surface area contributed by atoms with Crippen molar-refractivity contribution in [1.82, 2.24) is 15.5 Å². The van der Waals surface area contributed by atoms with Gasteiger partial charge < -0.3 is 24.7 Å². The van der Waals surface area contributed by atoms with Gasteiger partial charge in [-0.25, -0.2) is 0 Å². The van der Waals surface area contributed by atoms with E-state index in [1.54, 1.807) is 12.3 Å². The van der Waals surface area contributed by atoms with E-state index in [9.17, 15) is 4.79 Å². The summed E-state index contributed by atoms with van der Waals surface area (Å²) < 4.78 is 10.7. The Bertz CT molecular complexity index is 554. The SMILES string of the molecule is Cl.O=C(c1ccoc1)N1CCC(NC2CCCC2C2COCCN2)CC1. The molecule has 3 fully saturated rings. The van der Waals surface area contributed by atoms with Crippen molar-refractivity contribution in [2.24, 2.45) is 5.92 Å². The van der Waals surface area contributed by atoms with Crippen LogP contribution in [0, 0.1) is 5.92 Å². The van der Waals surface area contributed by atoms with Crippen molar-refractivity contribution in [2.45, 2.75) is 50.2 Å². The van der Waals surface area contributed by atoms with Crippen LogP contribution < -0.4 is 10.6 Å². The zero-order valence-electron chi connectivity index (χ0n) is 15.2. The standard InChI is InChI=1S/C19H29N3O3.ClH/c23-19(14-6-10-24-12-14)22-8-4-15(5-9-22)21-17-3-1-2-16(17)18-13-25-11-7-20-18;/h6,10,12,15-18,20-21H,1-5,7-9,11,13H2;1H. The van der Waals surface area contributed by atoms with E-state index in [1.807, 2.05) is 4.90 Å². The molecule has 2 N–H and O–H groups in total. The molecule has 4 rings (SSSR count). The van der Waals surface area contributed by atoms with Gasteiger partial charge in [-0.3, -0.25) is 4.79 Å². The van der Waals surface area contributed by atoms with Crippen molar-refractivity contribution in [2.75, 3.05) is 32.8 Å². The topological polar surface area (TPSA) is 66.7 Å². The summed E-state index contributed by atoms with van der Waals surface area (Å²) in [6, 6.07) is 3.34. The summed E-state index contributed by atoms with van der Waals surface area (Å²) in [7, 11) is 0. The van der Waals surface area contributed by atoms with Gasteiger partial charge >= 0.3 is 0 Å². The Morgan fingerprint density at radius 2 is 2.08 bits per heavy atom. The zero-order valence-corrected chi connectivity index (χ0v) is 16.0. The third-order valence-electron chi connectivity index (χ3n) is 6.04. The van der Waals surface area contributed by atoms with Crippen molar-refractivity contribution >= 4 is 18.3 Å². The summed E-state index contributed by atoms with van der Waals surface area (Å²) >= 11 is 0. The van der Waals surface area contributed by atoms with Crippen LogP contribution in [0.2, 0.25) is 0 Å². The van der Waals surface area contributed by atoms with Crippen LogP contribution in [0.3, 0.4) is 0 Å². The predicted molar refractivity (Wildman–Crippen MR) is 102 cm³/mol. The minimum atomic E-state index is 0.